The number of nitrogens with one attached hydrogen (secondary N) is 1. The Bertz CT molecular complexity index is 580. The Hall–Kier alpha value is -2.17. The first-order valence-electron chi connectivity index (χ1n) is 5.75. The van der Waals surface area contributed by atoms with Gasteiger partial charge in [0.15, 0.2) is 0 Å². The third kappa shape index (κ3) is 2.56. The Morgan fingerprint density at radius 3 is 2.44 bits per heavy atom. The average Bonchev–Trinajstić information content (AvgIpc) is 2.35. The molecule has 94 valence electrons. The molecule has 0 bridgehead atoms. The van der Waals surface area contributed by atoms with Crippen molar-refractivity contribution in [2.24, 2.45) is 0 Å². The maximum Gasteiger partial charge on any atom is 0.241 e. The summed E-state index contributed by atoms with van der Waals surface area (Å²) in [6.45, 7) is 2.10. The Morgan fingerprint density at radius 2 is 1.83 bits per heavy atom. The second kappa shape index (κ2) is 5.00. The van der Waals surface area contributed by atoms with Crippen LogP contribution >= 0.6 is 0 Å². The number of rotatable bonds is 3. The molecule has 0 atom stereocenters. The van der Waals surface area contributed by atoms with Gasteiger partial charge in [-0.1, -0.05) is 12.1 Å². The minimum atomic E-state index is 0.00404. The molecule has 0 saturated carbocycles. The summed E-state index contributed by atoms with van der Waals surface area (Å²) in [5.74, 6) is 0.660. The number of carbonyl (C=O) groups excluding carboxylic acids is 1. The highest BCUT2D eigenvalue weighted by molar-refractivity contribution is 5.81. The molecule has 0 aliphatic rings. The summed E-state index contributed by atoms with van der Waals surface area (Å²) in [7, 11) is 3.45. The lowest BCUT2D eigenvalue weighted by atomic mass is 10.3. The molecule has 0 unspecified atom stereocenters. The summed E-state index contributed by atoms with van der Waals surface area (Å²) in [5.41, 5.74) is 2.47. The first-order valence-corrected chi connectivity index (χ1v) is 5.75. The lowest BCUT2D eigenvalue weighted by molar-refractivity contribution is -0.126. The summed E-state index contributed by atoms with van der Waals surface area (Å²) in [5, 5.41) is 3.02. The molecule has 1 amide bonds. The van der Waals surface area contributed by atoms with E-state index in [1.165, 1.54) is 4.90 Å². The van der Waals surface area contributed by atoms with Crippen molar-refractivity contribution >= 4 is 22.8 Å². The first kappa shape index (κ1) is 12.3. The van der Waals surface area contributed by atoms with Gasteiger partial charge in [-0.2, -0.15) is 0 Å². The monoisotopic (exact) mass is 244 g/mol. The van der Waals surface area contributed by atoms with E-state index in [9.17, 15) is 4.79 Å². The number of likely N-dealkylation sites (N-methyl/N-ethyl adjacent to an activating group) is 1. The largest absolute Gasteiger partial charge is 0.359 e. The van der Waals surface area contributed by atoms with Crippen LogP contribution in [-0.4, -0.2) is 41.4 Å². The number of carbonyl (C=O) groups is 1. The van der Waals surface area contributed by atoms with Crippen LogP contribution in [0.3, 0.4) is 0 Å². The summed E-state index contributed by atoms with van der Waals surface area (Å²) in [6.07, 6.45) is 0. The van der Waals surface area contributed by atoms with Crippen molar-refractivity contribution in [2.75, 3.05) is 26.0 Å². The summed E-state index contributed by atoms with van der Waals surface area (Å²) >= 11 is 0. The van der Waals surface area contributed by atoms with E-state index in [2.05, 4.69) is 15.3 Å². The van der Waals surface area contributed by atoms with Gasteiger partial charge in [0.05, 0.1) is 23.3 Å². The Labute approximate surface area is 106 Å². The van der Waals surface area contributed by atoms with Gasteiger partial charge in [-0.3, -0.25) is 4.79 Å². The number of para-hydroxylation sites is 2. The van der Waals surface area contributed by atoms with E-state index in [-0.39, 0.29) is 12.5 Å². The van der Waals surface area contributed by atoms with E-state index < -0.39 is 0 Å². The molecule has 1 N–H and O–H groups in total. The molecule has 18 heavy (non-hydrogen) atoms. The molecule has 2 aromatic rings. The lowest BCUT2D eigenvalue weighted by Gasteiger charge is -2.12. The molecule has 2 rings (SSSR count). The van der Waals surface area contributed by atoms with Crippen LogP contribution in [0.1, 0.15) is 5.69 Å². The molecule has 1 aromatic carbocycles. The van der Waals surface area contributed by atoms with Gasteiger partial charge in [-0.05, 0) is 19.1 Å². The second-order valence-electron chi connectivity index (χ2n) is 4.29. The molecular formula is C13H16N4O. The minimum Gasteiger partial charge on any atom is -0.359 e. The first-order chi connectivity index (χ1) is 8.58. The second-order valence-corrected chi connectivity index (χ2v) is 4.29. The summed E-state index contributed by atoms with van der Waals surface area (Å²) < 4.78 is 0. The van der Waals surface area contributed by atoms with Crippen LogP contribution in [0.15, 0.2) is 24.3 Å². The van der Waals surface area contributed by atoms with Crippen molar-refractivity contribution < 1.29 is 4.79 Å². The van der Waals surface area contributed by atoms with E-state index in [1.54, 1.807) is 14.1 Å². The van der Waals surface area contributed by atoms with E-state index in [0.717, 1.165) is 16.7 Å². The average molecular weight is 244 g/mol. The fraction of sp³-hybridized carbons (Fsp3) is 0.308. The standard InChI is InChI=1S/C13H16N4O/c1-9-13(14-8-12(18)17(2)3)16-11-7-5-4-6-10(11)15-9/h4-7H,8H2,1-3H3,(H,14,16). The van der Waals surface area contributed by atoms with Crippen LogP contribution in [0.5, 0.6) is 0 Å². The number of aryl methyl sites for hydroxylation is 1. The Balaban J connectivity index is 2.23. The normalized spacial score (nSPS) is 10.4. The fourth-order valence-corrected chi connectivity index (χ4v) is 1.57. The van der Waals surface area contributed by atoms with Gasteiger partial charge in [0.2, 0.25) is 5.91 Å². The van der Waals surface area contributed by atoms with Crippen molar-refractivity contribution in [1.29, 1.82) is 0 Å². The minimum absolute atomic E-state index is 0.00404. The van der Waals surface area contributed by atoms with Gasteiger partial charge in [0.1, 0.15) is 5.82 Å². The molecule has 0 aliphatic carbocycles. The summed E-state index contributed by atoms with van der Waals surface area (Å²) in [4.78, 5) is 22.0. The van der Waals surface area contributed by atoms with Gasteiger partial charge >= 0.3 is 0 Å². The van der Waals surface area contributed by atoms with Gasteiger partial charge in [-0.25, -0.2) is 9.97 Å². The van der Waals surface area contributed by atoms with Gasteiger partial charge in [-0.15, -0.1) is 0 Å². The van der Waals surface area contributed by atoms with Gasteiger partial charge < -0.3 is 10.2 Å². The highest BCUT2D eigenvalue weighted by Gasteiger charge is 2.07. The highest BCUT2D eigenvalue weighted by Crippen LogP contribution is 2.15. The molecule has 0 spiro atoms. The Kier molecular flexibility index (Phi) is 3.41. The zero-order chi connectivity index (χ0) is 13.1. The van der Waals surface area contributed by atoms with E-state index in [1.807, 2.05) is 31.2 Å². The Morgan fingerprint density at radius 1 is 1.22 bits per heavy atom. The molecule has 1 aromatic heterocycles. The van der Waals surface area contributed by atoms with Crippen LogP contribution in [0.2, 0.25) is 0 Å². The fourth-order valence-electron chi connectivity index (χ4n) is 1.57. The summed E-state index contributed by atoms with van der Waals surface area (Å²) in [6, 6.07) is 7.67. The molecule has 0 fully saturated rings. The zero-order valence-corrected chi connectivity index (χ0v) is 10.8. The zero-order valence-electron chi connectivity index (χ0n) is 10.8. The number of benzene rings is 1. The van der Waals surface area contributed by atoms with Crippen molar-refractivity contribution in [1.82, 2.24) is 14.9 Å². The number of amides is 1. The SMILES string of the molecule is Cc1nc2ccccc2nc1NCC(=O)N(C)C. The topological polar surface area (TPSA) is 58.1 Å². The molecule has 0 aliphatic heterocycles. The number of anilines is 1. The van der Waals surface area contributed by atoms with E-state index in [4.69, 9.17) is 0 Å². The van der Waals surface area contributed by atoms with Crippen molar-refractivity contribution in [3.05, 3.63) is 30.0 Å². The molecule has 0 radical (unpaired) electrons. The van der Waals surface area contributed by atoms with Gasteiger partial charge in [0.25, 0.3) is 0 Å². The predicted molar refractivity (Wildman–Crippen MR) is 71.5 cm³/mol. The number of hydrogen-bond acceptors (Lipinski definition) is 4. The van der Waals surface area contributed by atoms with E-state index in [0.29, 0.717) is 5.82 Å². The van der Waals surface area contributed by atoms with Crippen LogP contribution in [0.25, 0.3) is 11.0 Å². The van der Waals surface area contributed by atoms with Crippen molar-refractivity contribution in [2.45, 2.75) is 6.92 Å². The molecule has 1 heterocycles. The number of hydrogen-bond donors (Lipinski definition) is 1. The molecular weight excluding hydrogens is 228 g/mol. The quantitative estimate of drug-likeness (QED) is 0.887. The van der Waals surface area contributed by atoms with Crippen molar-refractivity contribution in [3.63, 3.8) is 0 Å². The molecule has 5 nitrogen and oxygen atoms in total. The van der Waals surface area contributed by atoms with Crippen LogP contribution in [0, 0.1) is 6.92 Å². The van der Waals surface area contributed by atoms with Crippen molar-refractivity contribution in [3.8, 4) is 0 Å². The lowest BCUT2D eigenvalue weighted by Crippen LogP contribution is -2.29. The van der Waals surface area contributed by atoms with Crippen LogP contribution < -0.4 is 5.32 Å². The number of nitrogens with zero attached hydrogens (tertiary/aromatic N) is 3. The smallest absolute Gasteiger partial charge is 0.241 e. The maximum atomic E-state index is 11.5. The number of fused-ring (bicyclic) bond motifs is 1. The highest BCUT2D eigenvalue weighted by atomic mass is 16.2. The predicted octanol–water partition coefficient (Wildman–Crippen LogP) is 1.44. The number of aromatic nitrogens is 2. The molecule has 0 saturated heterocycles. The third-order valence-corrected chi connectivity index (χ3v) is 2.65. The molecule has 5 heteroatoms. The van der Waals surface area contributed by atoms with E-state index >= 15 is 0 Å². The van der Waals surface area contributed by atoms with Crippen LogP contribution in [0.4, 0.5) is 5.82 Å². The maximum absolute atomic E-state index is 11.5. The van der Waals surface area contributed by atoms with Gasteiger partial charge in [0, 0.05) is 14.1 Å². The van der Waals surface area contributed by atoms with Crippen LogP contribution in [-0.2, 0) is 4.79 Å². The third-order valence-electron chi connectivity index (χ3n) is 2.65.